The number of carbonyl (C=O) groups excluding carboxylic acids is 1. The monoisotopic (exact) mass is 462 g/mol. The number of aliphatic carboxylic acids is 1. The van der Waals surface area contributed by atoms with Crippen LogP contribution in [0.25, 0.3) is 0 Å². The quantitative estimate of drug-likeness (QED) is 0.653. The summed E-state index contributed by atoms with van der Waals surface area (Å²) in [6.45, 7) is 0.737. The molecule has 1 aromatic carbocycles. The standard InChI is InChI=1S/C21H23BrN2O5/c22-18-8-7-17(13-23-18)21(29-15-19(25)26)9-4-11-24(12-10-21)20(27)28-14-16-5-2-1-3-6-16/h1-3,5-8,13H,4,9-12,14-15H2,(H,25,26). The molecule has 1 saturated heterocycles. The molecule has 1 fully saturated rings. The van der Waals surface area contributed by atoms with E-state index in [4.69, 9.17) is 14.6 Å². The molecule has 0 spiro atoms. The van der Waals surface area contributed by atoms with E-state index in [1.165, 1.54) is 0 Å². The molecule has 0 saturated carbocycles. The molecular formula is C21H23BrN2O5. The van der Waals surface area contributed by atoms with E-state index in [0.717, 1.165) is 11.1 Å². The minimum Gasteiger partial charge on any atom is -0.480 e. The average molecular weight is 463 g/mol. The topological polar surface area (TPSA) is 89.0 Å². The van der Waals surface area contributed by atoms with Crippen molar-refractivity contribution in [2.75, 3.05) is 19.7 Å². The van der Waals surface area contributed by atoms with Crippen molar-refractivity contribution in [3.63, 3.8) is 0 Å². The first-order chi connectivity index (χ1) is 14.0. The van der Waals surface area contributed by atoms with Gasteiger partial charge in [0.25, 0.3) is 0 Å². The van der Waals surface area contributed by atoms with Gasteiger partial charge < -0.3 is 19.5 Å². The van der Waals surface area contributed by atoms with Gasteiger partial charge in [-0.05, 0) is 46.8 Å². The molecule has 2 aromatic rings. The smallest absolute Gasteiger partial charge is 0.410 e. The van der Waals surface area contributed by atoms with E-state index in [1.807, 2.05) is 36.4 Å². The lowest BCUT2D eigenvalue weighted by atomic mass is 9.87. The van der Waals surface area contributed by atoms with Crippen molar-refractivity contribution in [1.82, 2.24) is 9.88 Å². The molecule has 154 valence electrons. The molecule has 29 heavy (non-hydrogen) atoms. The third-order valence-electron chi connectivity index (χ3n) is 4.98. The molecule has 1 aromatic heterocycles. The van der Waals surface area contributed by atoms with Crippen LogP contribution in [0.2, 0.25) is 0 Å². The average Bonchev–Trinajstić information content (AvgIpc) is 2.95. The highest BCUT2D eigenvalue weighted by Gasteiger charge is 2.37. The van der Waals surface area contributed by atoms with Crippen LogP contribution in [-0.4, -0.2) is 46.7 Å². The molecule has 1 amide bonds. The van der Waals surface area contributed by atoms with E-state index in [0.29, 0.717) is 37.0 Å². The van der Waals surface area contributed by atoms with Crippen molar-refractivity contribution in [2.45, 2.75) is 31.5 Å². The second-order valence-corrected chi connectivity index (χ2v) is 7.74. The van der Waals surface area contributed by atoms with Crippen molar-refractivity contribution in [3.05, 3.63) is 64.4 Å². The van der Waals surface area contributed by atoms with Crippen molar-refractivity contribution in [2.24, 2.45) is 0 Å². The number of ether oxygens (including phenoxy) is 2. The van der Waals surface area contributed by atoms with Crippen LogP contribution in [0.5, 0.6) is 0 Å². The van der Waals surface area contributed by atoms with Crippen LogP contribution in [0.15, 0.2) is 53.3 Å². The zero-order valence-electron chi connectivity index (χ0n) is 15.9. The molecule has 8 heteroatoms. The molecular weight excluding hydrogens is 440 g/mol. The Balaban J connectivity index is 1.68. The second kappa shape index (κ2) is 9.84. The molecule has 0 aliphatic carbocycles. The molecule has 1 atom stereocenters. The van der Waals surface area contributed by atoms with Gasteiger partial charge in [-0.1, -0.05) is 36.4 Å². The lowest BCUT2D eigenvalue weighted by Crippen LogP contribution is -2.36. The number of carbonyl (C=O) groups is 2. The molecule has 2 heterocycles. The SMILES string of the molecule is O=C(O)COC1(c2ccc(Br)nc2)CCCN(C(=O)OCc2ccccc2)CC1. The van der Waals surface area contributed by atoms with E-state index in [-0.39, 0.29) is 12.7 Å². The minimum atomic E-state index is -1.03. The number of pyridine rings is 1. The highest BCUT2D eigenvalue weighted by Crippen LogP contribution is 2.37. The molecule has 0 bridgehead atoms. The summed E-state index contributed by atoms with van der Waals surface area (Å²) >= 11 is 3.31. The summed E-state index contributed by atoms with van der Waals surface area (Å²) in [7, 11) is 0. The lowest BCUT2D eigenvalue weighted by Gasteiger charge is -2.32. The highest BCUT2D eigenvalue weighted by atomic mass is 79.9. The van der Waals surface area contributed by atoms with Crippen molar-refractivity contribution in [3.8, 4) is 0 Å². The van der Waals surface area contributed by atoms with Gasteiger partial charge in [-0.15, -0.1) is 0 Å². The first kappa shape index (κ1) is 21.3. The van der Waals surface area contributed by atoms with Crippen LogP contribution < -0.4 is 0 Å². The van der Waals surface area contributed by atoms with Crippen LogP contribution in [-0.2, 0) is 26.5 Å². The summed E-state index contributed by atoms with van der Waals surface area (Å²) in [5, 5.41) is 9.11. The number of aromatic nitrogens is 1. The molecule has 7 nitrogen and oxygen atoms in total. The maximum absolute atomic E-state index is 12.5. The van der Waals surface area contributed by atoms with Crippen LogP contribution in [0, 0.1) is 0 Å². The number of carboxylic acid groups (broad SMARTS) is 1. The van der Waals surface area contributed by atoms with Gasteiger partial charge >= 0.3 is 12.1 Å². The highest BCUT2D eigenvalue weighted by molar-refractivity contribution is 9.10. The van der Waals surface area contributed by atoms with Crippen LogP contribution >= 0.6 is 15.9 Å². The number of carboxylic acids is 1. The number of nitrogens with zero attached hydrogens (tertiary/aromatic N) is 2. The van der Waals surface area contributed by atoms with Gasteiger partial charge in [-0.2, -0.15) is 0 Å². The summed E-state index contributed by atoms with van der Waals surface area (Å²) in [6, 6.07) is 13.2. The third kappa shape index (κ3) is 5.77. The molecule has 0 radical (unpaired) electrons. The van der Waals surface area contributed by atoms with E-state index >= 15 is 0 Å². The molecule has 3 rings (SSSR count). The molecule has 1 unspecified atom stereocenters. The Morgan fingerprint density at radius 2 is 1.93 bits per heavy atom. The summed E-state index contributed by atoms with van der Waals surface area (Å²) < 4.78 is 12.0. The zero-order valence-corrected chi connectivity index (χ0v) is 17.5. The van der Waals surface area contributed by atoms with Gasteiger partial charge in [0.1, 0.15) is 17.8 Å². The Kier molecular flexibility index (Phi) is 7.22. The van der Waals surface area contributed by atoms with Gasteiger partial charge in [0, 0.05) is 24.8 Å². The van der Waals surface area contributed by atoms with Crippen LogP contribution in [0.3, 0.4) is 0 Å². The maximum Gasteiger partial charge on any atom is 0.410 e. The minimum absolute atomic E-state index is 0.216. The summed E-state index contributed by atoms with van der Waals surface area (Å²) in [5.41, 5.74) is 0.929. The summed E-state index contributed by atoms with van der Waals surface area (Å²) in [4.78, 5) is 29.6. The van der Waals surface area contributed by atoms with Crippen LogP contribution in [0.1, 0.15) is 30.4 Å². The fourth-order valence-corrected chi connectivity index (χ4v) is 3.70. The number of rotatable bonds is 6. The van der Waals surface area contributed by atoms with E-state index in [1.54, 1.807) is 17.2 Å². The number of hydrogen-bond donors (Lipinski definition) is 1. The fourth-order valence-electron chi connectivity index (χ4n) is 3.46. The lowest BCUT2D eigenvalue weighted by molar-refractivity contribution is -0.151. The number of likely N-dealkylation sites (tertiary alicyclic amines) is 1. The Morgan fingerprint density at radius 1 is 1.14 bits per heavy atom. The van der Waals surface area contributed by atoms with E-state index in [9.17, 15) is 9.59 Å². The van der Waals surface area contributed by atoms with Gasteiger partial charge in [0.15, 0.2) is 0 Å². The summed E-state index contributed by atoms with van der Waals surface area (Å²) in [6.07, 6.45) is 3.03. The Labute approximate surface area is 177 Å². The van der Waals surface area contributed by atoms with Crippen molar-refractivity contribution in [1.29, 1.82) is 0 Å². The van der Waals surface area contributed by atoms with Gasteiger partial charge in [-0.25, -0.2) is 14.6 Å². The Bertz CT molecular complexity index is 831. The fraction of sp³-hybridized carbons (Fsp3) is 0.381. The van der Waals surface area contributed by atoms with Crippen molar-refractivity contribution < 1.29 is 24.2 Å². The van der Waals surface area contributed by atoms with Crippen molar-refractivity contribution >= 4 is 28.0 Å². The molecule has 1 aliphatic heterocycles. The largest absolute Gasteiger partial charge is 0.480 e. The Morgan fingerprint density at radius 3 is 2.62 bits per heavy atom. The van der Waals surface area contributed by atoms with Gasteiger partial charge in [0.2, 0.25) is 0 Å². The first-order valence-corrected chi connectivity index (χ1v) is 10.2. The maximum atomic E-state index is 12.5. The third-order valence-corrected chi connectivity index (χ3v) is 5.45. The van der Waals surface area contributed by atoms with Gasteiger partial charge in [0.05, 0.1) is 5.60 Å². The number of benzene rings is 1. The zero-order chi connectivity index (χ0) is 20.7. The Hall–Kier alpha value is -2.45. The van der Waals surface area contributed by atoms with E-state index < -0.39 is 18.2 Å². The normalized spacial score (nSPS) is 19.4. The number of halogens is 1. The second-order valence-electron chi connectivity index (χ2n) is 6.93. The van der Waals surface area contributed by atoms with Gasteiger partial charge in [-0.3, -0.25) is 0 Å². The summed E-state index contributed by atoms with van der Waals surface area (Å²) in [5.74, 6) is -1.03. The molecule has 1 aliphatic rings. The van der Waals surface area contributed by atoms with Crippen LogP contribution in [0.4, 0.5) is 4.79 Å². The predicted octanol–water partition coefficient (Wildman–Crippen LogP) is 3.96. The number of amides is 1. The predicted molar refractivity (Wildman–Crippen MR) is 109 cm³/mol. The first-order valence-electron chi connectivity index (χ1n) is 9.42. The number of hydrogen-bond acceptors (Lipinski definition) is 5. The molecule has 1 N–H and O–H groups in total. The van der Waals surface area contributed by atoms with E-state index in [2.05, 4.69) is 20.9 Å².